The molecule has 0 radical (unpaired) electrons. The Bertz CT molecular complexity index is 1410. The van der Waals surface area contributed by atoms with Gasteiger partial charge in [0.1, 0.15) is 0 Å². The van der Waals surface area contributed by atoms with Crippen LogP contribution in [0.4, 0.5) is 0 Å². The number of benzene rings is 4. The van der Waals surface area contributed by atoms with Crippen LogP contribution >= 0.6 is 0 Å². The van der Waals surface area contributed by atoms with Crippen LogP contribution < -0.4 is 0 Å². The van der Waals surface area contributed by atoms with Crippen molar-refractivity contribution in [1.29, 1.82) is 0 Å². The molecule has 194 valence electrons. The number of aliphatic carboxylic acids is 1. The average molecular weight is 497 g/mol. The SMILES string of the molecule is Cc1cc(CCCCC(C)(C)O)ccc1CCc1ccc2c(C)cc3cc(CCC(=O)O)ccc3c2c1. The lowest BCUT2D eigenvalue weighted by molar-refractivity contribution is -0.136. The van der Waals surface area contributed by atoms with E-state index in [0.717, 1.165) is 44.1 Å². The zero-order valence-corrected chi connectivity index (χ0v) is 22.7. The lowest BCUT2D eigenvalue weighted by Crippen LogP contribution is -2.17. The van der Waals surface area contributed by atoms with Gasteiger partial charge < -0.3 is 10.2 Å². The van der Waals surface area contributed by atoms with Gasteiger partial charge in [-0.2, -0.15) is 0 Å². The van der Waals surface area contributed by atoms with Gasteiger partial charge in [-0.25, -0.2) is 0 Å². The van der Waals surface area contributed by atoms with Gasteiger partial charge in [0, 0.05) is 6.42 Å². The van der Waals surface area contributed by atoms with Crippen molar-refractivity contribution in [2.75, 3.05) is 0 Å². The number of unbranched alkanes of at least 4 members (excludes halogenated alkanes) is 1. The molecule has 0 saturated carbocycles. The second kappa shape index (κ2) is 11.5. The van der Waals surface area contributed by atoms with E-state index in [4.69, 9.17) is 5.11 Å². The van der Waals surface area contributed by atoms with Crippen LogP contribution in [0.3, 0.4) is 0 Å². The minimum Gasteiger partial charge on any atom is -0.481 e. The lowest BCUT2D eigenvalue weighted by Gasteiger charge is -2.16. The van der Waals surface area contributed by atoms with Crippen molar-refractivity contribution < 1.29 is 15.0 Å². The van der Waals surface area contributed by atoms with Crippen LogP contribution in [0.25, 0.3) is 21.5 Å². The molecule has 0 unspecified atom stereocenters. The Balaban J connectivity index is 1.47. The number of rotatable bonds is 11. The monoisotopic (exact) mass is 496 g/mol. The predicted octanol–water partition coefficient (Wildman–Crippen LogP) is 7.90. The highest BCUT2D eigenvalue weighted by Gasteiger charge is 2.12. The third-order valence-corrected chi connectivity index (χ3v) is 7.51. The van der Waals surface area contributed by atoms with E-state index in [0.29, 0.717) is 6.42 Å². The number of aliphatic hydroxyl groups is 1. The van der Waals surface area contributed by atoms with Crippen molar-refractivity contribution in [2.45, 2.75) is 84.7 Å². The summed E-state index contributed by atoms with van der Waals surface area (Å²) in [5.74, 6) is -0.758. The van der Waals surface area contributed by atoms with Crippen LogP contribution in [0.15, 0.2) is 60.7 Å². The van der Waals surface area contributed by atoms with Gasteiger partial charge in [0.2, 0.25) is 0 Å². The maximum absolute atomic E-state index is 11.0. The molecule has 4 aromatic rings. The smallest absolute Gasteiger partial charge is 0.303 e. The van der Waals surface area contributed by atoms with Crippen LogP contribution in [-0.2, 0) is 30.5 Å². The molecule has 0 aromatic heterocycles. The van der Waals surface area contributed by atoms with Gasteiger partial charge in [0.05, 0.1) is 5.60 Å². The Kier molecular flexibility index (Phi) is 8.34. The van der Waals surface area contributed by atoms with E-state index in [1.54, 1.807) is 0 Å². The molecule has 37 heavy (non-hydrogen) atoms. The van der Waals surface area contributed by atoms with E-state index < -0.39 is 11.6 Å². The number of carboxylic acid groups (broad SMARTS) is 1. The van der Waals surface area contributed by atoms with Crippen molar-refractivity contribution >= 4 is 27.5 Å². The van der Waals surface area contributed by atoms with Gasteiger partial charge >= 0.3 is 5.97 Å². The first kappa shape index (κ1) is 26.9. The molecule has 0 aliphatic heterocycles. The number of fused-ring (bicyclic) bond motifs is 3. The quantitative estimate of drug-likeness (QED) is 0.164. The van der Waals surface area contributed by atoms with E-state index in [1.165, 1.54) is 49.4 Å². The summed E-state index contributed by atoms with van der Waals surface area (Å²) in [4.78, 5) is 11.0. The Labute approximate surface area is 221 Å². The molecule has 0 aliphatic carbocycles. The van der Waals surface area contributed by atoms with Crippen molar-refractivity contribution in [2.24, 2.45) is 0 Å². The van der Waals surface area contributed by atoms with Gasteiger partial charge in [-0.1, -0.05) is 67.1 Å². The normalized spacial score (nSPS) is 11.9. The predicted molar refractivity (Wildman–Crippen MR) is 155 cm³/mol. The number of aryl methyl sites for hydroxylation is 6. The fourth-order valence-corrected chi connectivity index (χ4v) is 5.37. The van der Waals surface area contributed by atoms with E-state index in [2.05, 4.69) is 74.5 Å². The molecule has 0 fully saturated rings. The number of hydrogen-bond acceptors (Lipinski definition) is 2. The number of carbonyl (C=O) groups is 1. The van der Waals surface area contributed by atoms with Gasteiger partial charge in [-0.15, -0.1) is 0 Å². The van der Waals surface area contributed by atoms with Crippen molar-refractivity contribution in [1.82, 2.24) is 0 Å². The molecule has 0 atom stereocenters. The standard InChI is InChI=1S/C34H40O3/c1-23-19-25(7-5-6-18-34(3,4)37)8-13-28(23)14-9-27-10-15-30-24(2)20-29-21-26(12-17-33(35)36)11-16-31(29)32(30)22-27/h8,10-11,13,15-16,19-22,37H,5-7,9,12,14,17-18H2,1-4H3,(H,35,36). The topological polar surface area (TPSA) is 57.5 Å². The largest absolute Gasteiger partial charge is 0.481 e. The van der Waals surface area contributed by atoms with Gasteiger partial charge in [-0.05, 0) is 121 Å². The molecule has 0 saturated heterocycles. The highest BCUT2D eigenvalue weighted by molar-refractivity contribution is 6.09. The molecule has 0 amide bonds. The summed E-state index contributed by atoms with van der Waals surface area (Å²) >= 11 is 0. The Morgan fingerprint density at radius 2 is 1.38 bits per heavy atom. The van der Waals surface area contributed by atoms with Crippen LogP contribution in [0.2, 0.25) is 0 Å². The molecule has 3 heteroatoms. The second-order valence-corrected chi connectivity index (χ2v) is 11.3. The highest BCUT2D eigenvalue weighted by Crippen LogP contribution is 2.31. The summed E-state index contributed by atoms with van der Waals surface area (Å²) in [5, 5.41) is 23.9. The molecule has 3 nitrogen and oxygen atoms in total. The first-order valence-electron chi connectivity index (χ1n) is 13.6. The van der Waals surface area contributed by atoms with E-state index in [1.807, 2.05) is 13.8 Å². The molecule has 0 heterocycles. The lowest BCUT2D eigenvalue weighted by atomic mass is 9.92. The molecular formula is C34H40O3. The average Bonchev–Trinajstić information content (AvgIpc) is 2.84. The second-order valence-electron chi connectivity index (χ2n) is 11.3. The van der Waals surface area contributed by atoms with Crippen LogP contribution in [0.5, 0.6) is 0 Å². The first-order valence-corrected chi connectivity index (χ1v) is 13.6. The zero-order valence-electron chi connectivity index (χ0n) is 22.7. The van der Waals surface area contributed by atoms with E-state index >= 15 is 0 Å². The van der Waals surface area contributed by atoms with Gasteiger partial charge in [-0.3, -0.25) is 4.79 Å². The van der Waals surface area contributed by atoms with Gasteiger partial charge in [0.25, 0.3) is 0 Å². The fraction of sp³-hybridized carbons (Fsp3) is 0.382. The minimum atomic E-state index is -0.758. The number of carboxylic acids is 1. The third kappa shape index (κ3) is 7.20. The molecule has 0 aliphatic rings. The molecular weight excluding hydrogens is 456 g/mol. The molecule has 2 N–H and O–H groups in total. The molecule has 4 rings (SSSR count). The van der Waals surface area contributed by atoms with Crippen molar-refractivity contribution in [3.63, 3.8) is 0 Å². The molecule has 4 aromatic carbocycles. The maximum Gasteiger partial charge on any atom is 0.303 e. The minimum absolute atomic E-state index is 0.157. The van der Waals surface area contributed by atoms with E-state index in [9.17, 15) is 9.90 Å². The van der Waals surface area contributed by atoms with Crippen LogP contribution in [0.1, 0.15) is 72.9 Å². The third-order valence-electron chi connectivity index (χ3n) is 7.51. The summed E-state index contributed by atoms with van der Waals surface area (Å²) in [6, 6.07) is 22.3. The number of hydrogen-bond donors (Lipinski definition) is 2. The first-order chi connectivity index (χ1) is 17.6. The van der Waals surface area contributed by atoms with Crippen molar-refractivity contribution in [3.05, 3.63) is 94.0 Å². The van der Waals surface area contributed by atoms with Crippen LogP contribution in [-0.4, -0.2) is 21.8 Å². The van der Waals surface area contributed by atoms with E-state index in [-0.39, 0.29) is 6.42 Å². The Morgan fingerprint density at radius 1 is 0.703 bits per heavy atom. The van der Waals surface area contributed by atoms with Crippen molar-refractivity contribution in [3.8, 4) is 0 Å². The Morgan fingerprint density at radius 3 is 2.08 bits per heavy atom. The zero-order chi connectivity index (χ0) is 26.6. The maximum atomic E-state index is 11.0. The fourth-order valence-electron chi connectivity index (χ4n) is 5.37. The highest BCUT2D eigenvalue weighted by atomic mass is 16.4. The summed E-state index contributed by atoms with van der Waals surface area (Å²) in [6.45, 7) is 8.13. The summed E-state index contributed by atoms with van der Waals surface area (Å²) in [5.41, 5.74) is 7.22. The molecule has 0 spiro atoms. The summed E-state index contributed by atoms with van der Waals surface area (Å²) in [7, 11) is 0. The molecule has 0 bridgehead atoms. The van der Waals surface area contributed by atoms with Gasteiger partial charge in [0.15, 0.2) is 0 Å². The summed E-state index contributed by atoms with van der Waals surface area (Å²) < 4.78 is 0. The van der Waals surface area contributed by atoms with Crippen LogP contribution in [0, 0.1) is 13.8 Å². The summed E-state index contributed by atoms with van der Waals surface area (Å²) in [6.07, 6.45) is 6.78. The Hall–Kier alpha value is -3.17.